The summed E-state index contributed by atoms with van der Waals surface area (Å²) in [5, 5.41) is 0.832. The summed E-state index contributed by atoms with van der Waals surface area (Å²) in [6.07, 6.45) is -2.64. The SMILES string of the molecule is FC(F)Oc1cccc2ccc(C(F)F)cc12. The Hall–Kier alpha value is -1.78. The van der Waals surface area contributed by atoms with Crippen LogP contribution in [0.5, 0.6) is 5.75 Å². The van der Waals surface area contributed by atoms with Gasteiger partial charge < -0.3 is 4.74 Å². The molecule has 0 atom stereocenters. The predicted molar refractivity (Wildman–Crippen MR) is 55.5 cm³/mol. The Morgan fingerprint density at radius 3 is 2.35 bits per heavy atom. The Balaban J connectivity index is 2.55. The zero-order valence-electron chi connectivity index (χ0n) is 8.54. The quantitative estimate of drug-likeness (QED) is 0.728. The average Bonchev–Trinajstić information content (AvgIpc) is 2.28. The summed E-state index contributed by atoms with van der Waals surface area (Å²) in [5.41, 5.74) is -0.220. The Morgan fingerprint density at radius 2 is 1.71 bits per heavy atom. The van der Waals surface area contributed by atoms with Gasteiger partial charge in [-0.05, 0) is 17.5 Å². The van der Waals surface area contributed by atoms with E-state index in [-0.39, 0.29) is 16.7 Å². The fraction of sp³-hybridized carbons (Fsp3) is 0.167. The van der Waals surface area contributed by atoms with E-state index in [1.165, 1.54) is 24.3 Å². The lowest BCUT2D eigenvalue weighted by Crippen LogP contribution is -2.02. The maximum Gasteiger partial charge on any atom is 0.387 e. The Labute approximate surface area is 94.6 Å². The first-order valence-corrected chi connectivity index (χ1v) is 4.83. The van der Waals surface area contributed by atoms with Gasteiger partial charge in [0.15, 0.2) is 0 Å². The van der Waals surface area contributed by atoms with E-state index in [0.29, 0.717) is 5.39 Å². The van der Waals surface area contributed by atoms with Crippen molar-refractivity contribution in [3.8, 4) is 5.75 Å². The highest BCUT2D eigenvalue weighted by Gasteiger charge is 2.12. The van der Waals surface area contributed by atoms with Gasteiger partial charge in [0.1, 0.15) is 5.75 Å². The lowest BCUT2D eigenvalue weighted by Gasteiger charge is -2.09. The molecule has 0 spiro atoms. The molecule has 0 fully saturated rings. The minimum Gasteiger partial charge on any atom is -0.434 e. The lowest BCUT2D eigenvalue weighted by atomic mass is 10.1. The van der Waals surface area contributed by atoms with Gasteiger partial charge in [-0.1, -0.05) is 24.3 Å². The van der Waals surface area contributed by atoms with Gasteiger partial charge in [-0.15, -0.1) is 0 Å². The van der Waals surface area contributed by atoms with Crippen LogP contribution in [0.15, 0.2) is 36.4 Å². The van der Waals surface area contributed by atoms with Gasteiger partial charge in [-0.3, -0.25) is 0 Å². The highest BCUT2D eigenvalue weighted by atomic mass is 19.3. The standard InChI is InChI=1S/C12H8F4O/c13-11(14)8-5-4-7-2-1-3-10(9(7)6-8)17-12(15)16/h1-6,11-12H. The summed E-state index contributed by atoms with van der Waals surface area (Å²) >= 11 is 0. The van der Waals surface area contributed by atoms with Crippen LogP contribution in [0.1, 0.15) is 12.0 Å². The van der Waals surface area contributed by atoms with Crippen LogP contribution in [0.2, 0.25) is 0 Å². The number of halogens is 4. The van der Waals surface area contributed by atoms with Crippen LogP contribution in [0.3, 0.4) is 0 Å². The van der Waals surface area contributed by atoms with E-state index in [1.807, 2.05) is 0 Å². The van der Waals surface area contributed by atoms with Crippen molar-refractivity contribution >= 4 is 10.8 Å². The molecule has 0 radical (unpaired) electrons. The van der Waals surface area contributed by atoms with Crippen LogP contribution in [0, 0.1) is 0 Å². The van der Waals surface area contributed by atoms with E-state index in [1.54, 1.807) is 6.07 Å². The fourth-order valence-electron chi connectivity index (χ4n) is 1.60. The molecular formula is C12H8F4O. The number of alkyl halides is 4. The lowest BCUT2D eigenvalue weighted by molar-refractivity contribution is -0.0487. The van der Waals surface area contributed by atoms with Crippen molar-refractivity contribution in [3.63, 3.8) is 0 Å². The summed E-state index contributed by atoms with van der Waals surface area (Å²) < 4.78 is 53.6. The molecule has 0 aliphatic heterocycles. The van der Waals surface area contributed by atoms with Crippen molar-refractivity contribution in [1.82, 2.24) is 0 Å². The van der Waals surface area contributed by atoms with E-state index in [0.717, 1.165) is 6.07 Å². The molecule has 90 valence electrons. The van der Waals surface area contributed by atoms with Crippen LogP contribution in [0.4, 0.5) is 17.6 Å². The van der Waals surface area contributed by atoms with Gasteiger partial charge in [-0.2, -0.15) is 8.78 Å². The van der Waals surface area contributed by atoms with Crippen molar-refractivity contribution < 1.29 is 22.3 Å². The molecular weight excluding hydrogens is 236 g/mol. The summed E-state index contributed by atoms with van der Waals surface area (Å²) in [4.78, 5) is 0. The van der Waals surface area contributed by atoms with Gasteiger partial charge >= 0.3 is 6.61 Å². The topological polar surface area (TPSA) is 9.23 Å². The van der Waals surface area contributed by atoms with Gasteiger partial charge in [-0.25, -0.2) is 8.78 Å². The summed E-state index contributed by atoms with van der Waals surface area (Å²) in [5.74, 6) is -0.0972. The van der Waals surface area contributed by atoms with Crippen LogP contribution < -0.4 is 4.74 Å². The van der Waals surface area contributed by atoms with Gasteiger partial charge in [0, 0.05) is 10.9 Å². The normalized spacial score (nSPS) is 11.4. The van der Waals surface area contributed by atoms with Crippen molar-refractivity contribution in [2.45, 2.75) is 13.0 Å². The van der Waals surface area contributed by atoms with Crippen LogP contribution in [-0.4, -0.2) is 6.61 Å². The average molecular weight is 244 g/mol. The Morgan fingerprint density at radius 1 is 0.941 bits per heavy atom. The molecule has 2 aromatic carbocycles. The maximum atomic E-state index is 12.5. The molecule has 0 heterocycles. The number of ether oxygens (including phenoxy) is 1. The number of fused-ring (bicyclic) bond motifs is 1. The molecule has 0 bridgehead atoms. The molecule has 2 rings (SSSR count). The number of hydrogen-bond acceptors (Lipinski definition) is 1. The van der Waals surface area contributed by atoms with Crippen LogP contribution in [-0.2, 0) is 0 Å². The second-order valence-corrected chi connectivity index (χ2v) is 3.42. The molecule has 17 heavy (non-hydrogen) atoms. The molecule has 0 N–H and O–H groups in total. The molecule has 2 aromatic rings. The molecule has 0 amide bonds. The fourth-order valence-corrected chi connectivity index (χ4v) is 1.60. The van der Waals surface area contributed by atoms with Crippen molar-refractivity contribution in [2.24, 2.45) is 0 Å². The molecule has 0 saturated carbocycles. The zero-order chi connectivity index (χ0) is 12.4. The predicted octanol–water partition coefficient (Wildman–Crippen LogP) is 4.38. The van der Waals surface area contributed by atoms with E-state index >= 15 is 0 Å². The number of benzene rings is 2. The van der Waals surface area contributed by atoms with Crippen molar-refractivity contribution in [3.05, 3.63) is 42.0 Å². The molecule has 0 saturated heterocycles. The van der Waals surface area contributed by atoms with Crippen LogP contribution >= 0.6 is 0 Å². The van der Waals surface area contributed by atoms with Gasteiger partial charge in [0.2, 0.25) is 0 Å². The monoisotopic (exact) mass is 244 g/mol. The summed E-state index contributed by atoms with van der Waals surface area (Å²) in [6.45, 7) is -2.98. The third-order valence-corrected chi connectivity index (χ3v) is 2.33. The van der Waals surface area contributed by atoms with Crippen LogP contribution in [0.25, 0.3) is 10.8 Å². The molecule has 0 aliphatic rings. The second-order valence-electron chi connectivity index (χ2n) is 3.42. The smallest absolute Gasteiger partial charge is 0.387 e. The molecule has 0 aromatic heterocycles. The second kappa shape index (κ2) is 4.61. The van der Waals surface area contributed by atoms with Crippen molar-refractivity contribution in [2.75, 3.05) is 0 Å². The largest absolute Gasteiger partial charge is 0.434 e. The Kier molecular flexibility index (Phi) is 3.17. The maximum absolute atomic E-state index is 12.5. The highest BCUT2D eigenvalue weighted by Crippen LogP contribution is 2.30. The highest BCUT2D eigenvalue weighted by molar-refractivity contribution is 5.88. The first kappa shape index (κ1) is 11.7. The van der Waals surface area contributed by atoms with E-state index in [9.17, 15) is 17.6 Å². The minimum atomic E-state index is -2.98. The molecule has 0 unspecified atom stereocenters. The van der Waals surface area contributed by atoms with E-state index < -0.39 is 13.0 Å². The minimum absolute atomic E-state index is 0.0972. The van der Waals surface area contributed by atoms with Gasteiger partial charge in [0.05, 0.1) is 0 Å². The molecule has 0 aliphatic carbocycles. The third-order valence-electron chi connectivity index (χ3n) is 2.33. The number of hydrogen-bond donors (Lipinski definition) is 0. The van der Waals surface area contributed by atoms with Crippen molar-refractivity contribution in [1.29, 1.82) is 0 Å². The van der Waals surface area contributed by atoms with E-state index in [4.69, 9.17) is 0 Å². The zero-order valence-corrected chi connectivity index (χ0v) is 8.54. The number of rotatable bonds is 3. The Bertz CT molecular complexity index is 525. The first-order valence-electron chi connectivity index (χ1n) is 4.83. The van der Waals surface area contributed by atoms with Gasteiger partial charge in [0.25, 0.3) is 6.43 Å². The molecule has 1 nitrogen and oxygen atoms in total. The first-order chi connectivity index (χ1) is 8.08. The summed E-state index contributed by atoms with van der Waals surface area (Å²) in [7, 11) is 0. The van der Waals surface area contributed by atoms with E-state index in [2.05, 4.69) is 4.74 Å². The summed E-state index contributed by atoms with van der Waals surface area (Å²) in [6, 6.07) is 8.38. The molecule has 5 heteroatoms. The third kappa shape index (κ3) is 2.49.